The van der Waals surface area contributed by atoms with E-state index in [1.165, 1.54) is 18.4 Å². The van der Waals surface area contributed by atoms with Crippen molar-refractivity contribution in [1.29, 1.82) is 0 Å². The molecule has 1 amide bonds. The molecule has 1 aromatic heterocycles. The quantitative estimate of drug-likeness (QED) is 0.446. The number of amides is 1. The minimum Gasteiger partial charge on any atom is -0.465 e. The molecule has 0 saturated carbocycles. The molecular formula is C22H29N3O3S2. The van der Waals surface area contributed by atoms with Crippen molar-refractivity contribution in [3.8, 4) is 0 Å². The summed E-state index contributed by atoms with van der Waals surface area (Å²) in [6.45, 7) is 11.0. The van der Waals surface area contributed by atoms with E-state index in [2.05, 4.69) is 24.5 Å². The molecule has 2 N–H and O–H groups in total. The fourth-order valence-corrected chi connectivity index (χ4v) is 4.62. The van der Waals surface area contributed by atoms with Gasteiger partial charge in [0.05, 0.1) is 17.6 Å². The minimum atomic E-state index is -0.504. The number of rotatable bonds is 7. The first-order chi connectivity index (χ1) is 14.2. The first kappa shape index (κ1) is 23.8. The predicted molar refractivity (Wildman–Crippen MR) is 128 cm³/mol. The second-order valence-electron chi connectivity index (χ2n) is 7.05. The van der Waals surface area contributed by atoms with Gasteiger partial charge in [0.15, 0.2) is 5.11 Å². The number of nitrogens with zero attached hydrogens (tertiary/aromatic N) is 1. The average molecular weight is 448 g/mol. The molecule has 162 valence electrons. The first-order valence-corrected chi connectivity index (χ1v) is 11.1. The van der Waals surface area contributed by atoms with Gasteiger partial charge in [-0.3, -0.25) is 4.79 Å². The molecule has 0 atom stereocenters. The van der Waals surface area contributed by atoms with Gasteiger partial charge in [0.1, 0.15) is 5.00 Å². The van der Waals surface area contributed by atoms with Crippen LogP contribution in [0.15, 0.2) is 24.3 Å². The van der Waals surface area contributed by atoms with Crippen LogP contribution in [0.4, 0.5) is 10.7 Å². The van der Waals surface area contributed by atoms with Crippen LogP contribution in [0.2, 0.25) is 0 Å². The summed E-state index contributed by atoms with van der Waals surface area (Å²) >= 11 is 6.71. The highest BCUT2D eigenvalue weighted by Crippen LogP contribution is 2.35. The maximum absolute atomic E-state index is 12.9. The van der Waals surface area contributed by atoms with E-state index in [-0.39, 0.29) is 5.91 Å². The Morgan fingerprint density at radius 3 is 2.37 bits per heavy atom. The summed E-state index contributed by atoms with van der Waals surface area (Å²) in [7, 11) is 1.32. The largest absolute Gasteiger partial charge is 0.465 e. The van der Waals surface area contributed by atoms with Crippen molar-refractivity contribution in [2.45, 2.75) is 40.5 Å². The van der Waals surface area contributed by atoms with Crippen LogP contribution < -0.4 is 10.6 Å². The van der Waals surface area contributed by atoms with Crippen LogP contribution in [-0.4, -0.2) is 42.1 Å². The van der Waals surface area contributed by atoms with Gasteiger partial charge in [0.2, 0.25) is 0 Å². The van der Waals surface area contributed by atoms with E-state index in [9.17, 15) is 9.59 Å². The molecule has 0 unspecified atom stereocenters. The van der Waals surface area contributed by atoms with Gasteiger partial charge >= 0.3 is 5.97 Å². The molecule has 2 aromatic rings. The predicted octanol–water partition coefficient (Wildman–Crippen LogP) is 5.26. The summed E-state index contributed by atoms with van der Waals surface area (Å²) in [6.07, 6.45) is 0. The first-order valence-electron chi connectivity index (χ1n) is 9.92. The van der Waals surface area contributed by atoms with E-state index < -0.39 is 5.97 Å². The molecule has 8 heteroatoms. The second-order valence-corrected chi connectivity index (χ2v) is 8.48. The summed E-state index contributed by atoms with van der Waals surface area (Å²) in [5.74, 6) is -0.288. The number of carbonyl (C=O) groups excluding carboxylic acids is 2. The van der Waals surface area contributed by atoms with E-state index >= 15 is 0 Å². The van der Waals surface area contributed by atoms with Crippen LogP contribution >= 0.6 is 23.6 Å². The average Bonchev–Trinajstić information content (AvgIpc) is 3.04. The minimum absolute atomic E-state index is 0.107. The number of nitrogens with one attached hydrogen (secondary N) is 2. The summed E-state index contributed by atoms with van der Waals surface area (Å²) in [5.41, 5.74) is 2.96. The van der Waals surface area contributed by atoms with E-state index in [0.717, 1.165) is 11.3 Å². The van der Waals surface area contributed by atoms with Crippen molar-refractivity contribution >= 4 is 51.2 Å². The Bertz CT molecular complexity index is 934. The summed E-state index contributed by atoms with van der Waals surface area (Å²) in [6, 6.07) is 7.93. The smallest absolute Gasteiger partial charge is 0.341 e. The Balaban J connectivity index is 2.36. The van der Waals surface area contributed by atoms with Gasteiger partial charge in [-0.1, -0.05) is 32.0 Å². The number of thiophene rings is 1. The van der Waals surface area contributed by atoms with Crippen LogP contribution in [0.5, 0.6) is 0 Å². The maximum Gasteiger partial charge on any atom is 0.341 e. The van der Waals surface area contributed by atoms with Gasteiger partial charge in [0.25, 0.3) is 5.91 Å². The molecule has 0 aliphatic rings. The highest BCUT2D eigenvalue weighted by atomic mass is 32.1. The monoisotopic (exact) mass is 447 g/mol. The fraction of sp³-hybridized carbons (Fsp3) is 0.409. The highest BCUT2D eigenvalue weighted by Gasteiger charge is 2.27. The van der Waals surface area contributed by atoms with Crippen molar-refractivity contribution in [1.82, 2.24) is 4.90 Å². The van der Waals surface area contributed by atoms with E-state index in [0.29, 0.717) is 45.1 Å². The normalized spacial score (nSPS) is 10.6. The Labute approximate surface area is 187 Å². The summed E-state index contributed by atoms with van der Waals surface area (Å²) in [5, 5.41) is 7.14. The molecule has 1 heterocycles. The van der Waals surface area contributed by atoms with Crippen LogP contribution in [0, 0.1) is 6.92 Å². The molecule has 0 radical (unpaired) electrons. The van der Waals surface area contributed by atoms with Crippen LogP contribution in [0.3, 0.4) is 0 Å². The van der Waals surface area contributed by atoms with Crippen LogP contribution in [-0.2, 0) is 4.74 Å². The summed E-state index contributed by atoms with van der Waals surface area (Å²) in [4.78, 5) is 27.6. The third-order valence-corrected chi connectivity index (χ3v) is 6.24. The van der Waals surface area contributed by atoms with Gasteiger partial charge in [0, 0.05) is 18.8 Å². The van der Waals surface area contributed by atoms with E-state index in [4.69, 9.17) is 17.0 Å². The number of carbonyl (C=O) groups is 2. The lowest BCUT2D eigenvalue weighted by atomic mass is 10.0. The molecule has 30 heavy (non-hydrogen) atoms. The van der Waals surface area contributed by atoms with Gasteiger partial charge in [-0.15, -0.1) is 11.3 Å². The lowest BCUT2D eigenvalue weighted by molar-refractivity contribution is 0.0601. The number of anilines is 2. The third kappa shape index (κ3) is 5.17. The van der Waals surface area contributed by atoms with Crippen molar-refractivity contribution in [2.75, 3.05) is 30.8 Å². The number of thiocarbonyl (C=S) groups is 1. The number of ether oxygens (including phenoxy) is 1. The second kappa shape index (κ2) is 10.5. The lowest BCUT2D eigenvalue weighted by Crippen LogP contribution is -2.30. The molecule has 0 bridgehead atoms. The fourth-order valence-electron chi connectivity index (χ4n) is 3.18. The number of esters is 1. The Kier molecular flexibility index (Phi) is 8.37. The van der Waals surface area contributed by atoms with Crippen molar-refractivity contribution in [3.63, 3.8) is 0 Å². The van der Waals surface area contributed by atoms with Crippen molar-refractivity contribution < 1.29 is 14.3 Å². The number of hydrogen-bond donors (Lipinski definition) is 2. The SMILES string of the molecule is CCN(CC)C(=O)c1sc(NC(=S)Nc2ccccc2C(C)C)c(C(=O)OC)c1C. The molecule has 2 rings (SSSR count). The van der Waals surface area contributed by atoms with Crippen molar-refractivity contribution in [2.24, 2.45) is 0 Å². The van der Waals surface area contributed by atoms with E-state index in [1.807, 2.05) is 38.1 Å². The zero-order chi connectivity index (χ0) is 22.4. The number of hydrogen-bond acceptors (Lipinski definition) is 5. The summed E-state index contributed by atoms with van der Waals surface area (Å²) < 4.78 is 4.95. The Morgan fingerprint density at radius 2 is 1.80 bits per heavy atom. The highest BCUT2D eigenvalue weighted by molar-refractivity contribution is 7.80. The van der Waals surface area contributed by atoms with Gasteiger partial charge in [-0.2, -0.15) is 0 Å². The molecule has 0 saturated heterocycles. The molecule has 0 aliphatic carbocycles. The van der Waals surface area contributed by atoms with Crippen LogP contribution in [0.1, 0.15) is 64.8 Å². The molecular weight excluding hydrogens is 418 g/mol. The molecule has 6 nitrogen and oxygen atoms in total. The van der Waals surface area contributed by atoms with Gasteiger partial charge in [-0.05, 0) is 56.1 Å². The Hall–Kier alpha value is -2.45. The van der Waals surface area contributed by atoms with E-state index in [1.54, 1.807) is 11.8 Å². The van der Waals surface area contributed by atoms with Gasteiger partial charge in [-0.25, -0.2) is 4.79 Å². The number of benzene rings is 1. The zero-order valence-corrected chi connectivity index (χ0v) is 19.9. The number of para-hydroxylation sites is 1. The standard InChI is InChI=1S/C22H29N3O3S2/c1-7-25(8-2)20(26)18-14(5)17(21(27)28-6)19(30-18)24-22(29)23-16-12-10-9-11-15(16)13(3)4/h9-13H,7-8H2,1-6H3,(H2,23,24,29). The third-order valence-electron chi connectivity index (χ3n) is 4.84. The van der Waals surface area contributed by atoms with Crippen LogP contribution in [0.25, 0.3) is 0 Å². The van der Waals surface area contributed by atoms with Crippen molar-refractivity contribution in [3.05, 3.63) is 45.8 Å². The Morgan fingerprint density at radius 1 is 1.17 bits per heavy atom. The molecule has 0 fully saturated rings. The zero-order valence-electron chi connectivity index (χ0n) is 18.3. The molecule has 0 aliphatic heterocycles. The maximum atomic E-state index is 12.9. The van der Waals surface area contributed by atoms with Gasteiger partial charge < -0.3 is 20.3 Å². The topological polar surface area (TPSA) is 70.7 Å². The lowest BCUT2D eigenvalue weighted by Gasteiger charge is -2.18. The molecule has 0 spiro atoms. The number of methoxy groups -OCH3 is 1. The molecule has 1 aromatic carbocycles.